The topological polar surface area (TPSA) is 58.0 Å². The highest BCUT2D eigenvalue weighted by Crippen LogP contribution is 2.26. The minimum absolute atomic E-state index is 0.00988. The predicted molar refractivity (Wildman–Crippen MR) is 82.4 cm³/mol. The Labute approximate surface area is 135 Å². The number of hydrogen-bond donors (Lipinski definition) is 2. The number of H-pyrrole nitrogens is 1. The van der Waals surface area contributed by atoms with Gasteiger partial charge in [-0.05, 0) is 46.9 Å². The number of aliphatic hydroxyl groups is 1. The van der Waals surface area contributed by atoms with E-state index in [4.69, 9.17) is 0 Å². The summed E-state index contributed by atoms with van der Waals surface area (Å²) < 4.78 is 43.2. The minimum atomic E-state index is -1.29. The first-order valence-electron chi connectivity index (χ1n) is 6.12. The number of aromatic nitrogens is 2. The summed E-state index contributed by atoms with van der Waals surface area (Å²) >= 11 is 1.89. The molecule has 0 aliphatic heterocycles. The molecule has 0 bridgehead atoms. The zero-order valence-electron chi connectivity index (χ0n) is 10.8. The maximum atomic E-state index is 14.1. The molecule has 0 radical (unpaired) electrons. The van der Waals surface area contributed by atoms with Crippen molar-refractivity contribution in [2.24, 2.45) is 0 Å². The second-order valence-electron chi connectivity index (χ2n) is 4.57. The number of benzene rings is 2. The van der Waals surface area contributed by atoms with Crippen LogP contribution in [0, 0.1) is 21.0 Å². The Morgan fingerprint density at radius 2 is 1.91 bits per heavy atom. The summed E-state index contributed by atoms with van der Waals surface area (Å²) in [5.74, 6) is -3.26. The highest BCUT2D eigenvalue weighted by atomic mass is 127. The van der Waals surface area contributed by atoms with Gasteiger partial charge in [-0.15, -0.1) is 0 Å². The number of nitrogens with zero attached hydrogens (tertiary/aromatic N) is 1. The van der Waals surface area contributed by atoms with Crippen LogP contribution in [0.4, 0.5) is 13.2 Å². The highest BCUT2D eigenvalue weighted by molar-refractivity contribution is 14.1. The molecule has 2 N–H and O–H groups in total. The third kappa shape index (κ3) is 2.22. The van der Waals surface area contributed by atoms with Crippen molar-refractivity contribution in [1.29, 1.82) is 0 Å². The van der Waals surface area contributed by atoms with E-state index in [9.17, 15) is 23.1 Å². The van der Waals surface area contributed by atoms with Gasteiger partial charge in [-0.3, -0.25) is 4.57 Å². The fourth-order valence-electron chi connectivity index (χ4n) is 2.29. The van der Waals surface area contributed by atoms with Gasteiger partial charge < -0.3 is 10.1 Å². The lowest BCUT2D eigenvalue weighted by Crippen LogP contribution is -2.16. The third-order valence-electron chi connectivity index (χ3n) is 3.26. The zero-order valence-corrected chi connectivity index (χ0v) is 13.0. The van der Waals surface area contributed by atoms with Gasteiger partial charge >= 0.3 is 5.69 Å². The molecule has 0 aliphatic carbocycles. The lowest BCUT2D eigenvalue weighted by atomic mass is 10.1. The van der Waals surface area contributed by atoms with Crippen LogP contribution in [0.25, 0.3) is 16.7 Å². The summed E-state index contributed by atoms with van der Waals surface area (Å²) in [6.45, 7) is -0.594. The molecule has 0 spiro atoms. The average molecular weight is 420 g/mol. The predicted octanol–water partition coefficient (Wildman–Crippen LogP) is 2.83. The number of aromatic amines is 1. The number of aliphatic hydroxyl groups excluding tert-OH is 1. The molecule has 0 saturated carbocycles. The number of nitrogens with one attached hydrogen (secondary N) is 1. The van der Waals surface area contributed by atoms with E-state index in [1.54, 1.807) is 0 Å². The van der Waals surface area contributed by atoms with Gasteiger partial charge in [0.1, 0.15) is 11.3 Å². The lowest BCUT2D eigenvalue weighted by molar-refractivity contribution is 0.282. The second-order valence-corrected chi connectivity index (χ2v) is 5.82. The first-order valence-corrected chi connectivity index (χ1v) is 7.19. The quantitative estimate of drug-likeness (QED) is 0.627. The van der Waals surface area contributed by atoms with Crippen LogP contribution in [-0.4, -0.2) is 14.7 Å². The molecule has 0 fully saturated rings. The van der Waals surface area contributed by atoms with Gasteiger partial charge in [-0.1, -0.05) is 0 Å². The van der Waals surface area contributed by atoms with Gasteiger partial charge in [0.25, 0.3) is 0 Å². The van der Waals surface area contributed by atoms with Gasteiger partial charge in [-0.25, -0.2) is 18.0 Å². The number of imidazole rings is 1. The van der Waals surface area contributed by atoms with E-state index in [1.165, 1.54) is 18.2 Å². The van der Waals surface area contributed by atoms with Crippen LogP contribution in [0.5, 0.6) is 0 Å². The molecule has 0 unspecified atom stereocenters. The fourth-order valence-corrected chi connectivity index (χ4v) is 2.75. The first kappa shape index (κ1) is 15.1. The molecule has 2 aromatic carbocycles. The standard InChI is InChI=1S/C14H8F3IN2O2/c15-8-4-7(18)1-2-10(8)20-13-11(17)9(16)3-6(5-21)12(13)19-14(20)22/h1-4,21H,5H2,(H,19,22). The largest absolute Gasteiger partial charge is 0.392 e. The fraction of sp³-hybridized carbons (Fsp3) is 0.0714. The van der Waals surface area contributed by atoms with Crippen LogP contribution >= 0.6 is 22.6 Å². The monoisotopic (exact) mass is 420 g/mol. The van der Waals surface area contributed by atoms with Crippen LogP contribution in [0.3, 0.4) is 0 Å². The average Bonchev–Trinajstić information content (AvgIpc) is 2.80. The maximum Gasteiger partial charge on any atom is 0.331 e. The summed E-state index contributed by atoms with van der Waals surface area (Å²) in [7, 11) is 0. The molecule has 0 aliphatic rings. The molecular weight excluding hydrogens is 412 g/mol. The molecule has 8 heteroatoms. The number of hydrogen-bond acceptors (Lipinski definition) is 2. The second kappa shape index (κ2) is 5.43. The van der Waals surface area contributed by atoms with Crippen molar-refractivity contribution in [2.45, 2.75) is 6.61 Å². The van der Waals surface area contributed by atoms with Crippen LogP contribution < -0.4 is 5.69 Å². The van der Waals surface area contributed by atoms with Gasteiger partial charge in [0.15, 0.2) is 11.6 Å². The van der Waals surface area contributed by atoms with Gasteiger partial charge in [-0.2, -0.15) is 0 Å². The minimum Gasteiger partial charge on any atom is -0.392 e. The first-order chi connectivity index (χ1) is 10.4. The van der Waals surface area contributed by atoms with E-state index in [1.807, 2.05) is 22.6 Å². The molecule has 114 valence electrons. The SMILES string of the molecule is O=c1[nH]c2c(CO)cc(F)c(F)c2n1-c1ccc(I)cc1F. The Hall–Kier alpha value is -1.81. The van der Waals surface area contributed by atoms with E-state index in [-0.39, 0.29) is 16.8 Å². The van der Waals surface area contributed by atoms with Crippen LogP contribution in [0.15, 0.2) is 29.1 Å². The van der Waals surface area contributed by atoms with E-state index in [0.717, 1.165) is 10.6 Å². The Morgan fingerprint density at radius 3 is 2.55 bits per heavy atom. The molecule has 3 rings (SSSR count). The summed E-state index contributed by atoms with van der Waals surface area (Å²) in [6, 6.07) is 4.80. The van der Waals surface area contributed by atoms with E-state index in [2.05, 4.69) is 4.98 Å². The molecule has 1 aromatic heterocycles. The molecule has 22 heavy (non-hydrogen) atoms. The number of rotatable bonds is 2. The van der Waals surface area contributed by atoms with E-state index in [0.29, 0.717) is 3.57 Å². The molecule has 0 saturated heterocycles. The summed E-state index contributed by atoms with van der Waals surface area (Å²) in [6.07, 6.45) is 0. The molecular formula is C14H8F3IN2O2. The van der Waals surface area contributed by atoms with Crippen molar-refractivity contribution >= 4 is 33.6 Å². The van der Waals surface area contributed by atoms with E-state index >= 15 is 0 Å². The molecule has 3 aromatic rings. The molecule has 0 atom stereocenters. The molecule has 0 amide bonds. The van der Waals surface area contributed by atoms with E-state index < -0.39 is 35.3 Å². The smallest absolute Gasteiger partial charge is 0.331 e. The Bertz CT molecular complexity index is 949. The van der Waals surface area contributed by atoms with Crippen molar-refractivity contribution in [3.8, 4) is 5.69 Å². The van der Waals surface area contributed by atoms with Gasteiger partial charge in [0.05, 0.1) is 17.8 Å². The van der Waals surface area contributed by atoms with Crippen molar-refractivity contribution in [3.63, 3.8) is 0 Å². The van der Waals surface area contributed by atoms with Crippen LogP contribution in [-0.2, 0) is 6.61 Å². The van der Waals surface area contributed by atoms with Crippen molar-refractivity contribution in [1.82, 2.24) is 9.55 Å². The maximum absolute atomic E-state index is 14.1. The number of halogens is 4. The van der Waals surface area contributed by atoms with Crippen molar-refractivity contribution < 1.29 is 18.3 Å². The molecule has 1 heterocycles. The van der Waals surface area contributed by atoms with Crippen molar-refractivity contribution in [2.75, 3.05) is 0 Å². The summed E-state index contributed by atoms with van der Waals surface area (Å²) in [4.78, 5) is 14.4. The number of fused-ring (bicyclic) bond motifs is 1. The van der Waals surface area contributed by atoms with Gasteiger partial charge in [0, 0.05) is 9.13 Å². The normalized spacial score (nSPS) is 11.3. The third-order valence-corrected chi connectivity index (χ3v) is 3.93. The molecule has 4 nitrogen and oxygen atoms in total. The summed E-state index contributed by atoms with van der Waals surface area (Å²) in [5, 5.41) is 9.22. The summed E-state index contributed by atoms with van der Waals surface area (Å²) in [5.41, 5.74) is -1.52. The lowest BCUT2D eigenvalue weighted by Gasteiger charge is -2.07. The zero-order chi connectivity index (χ0) is 16.0. The van der Waals surface area contributed by atoms with Crippen molar-refractivity contribution in [3.05, 3.63) is 61.3 Å². The highest BCUT2D eigenvalue weighted by Gasteiger charge is 2.21. The van der Waals surface area contributed by atoms with Crippen LogP contribution in [0.1, 0.15) is 5.56 Å². The Morgan fingerprint density at radius 1 is 1.18 bits per heavy atom. The Balaban J connectivity index is 2.47. The van der Waals surface area contributed by atoms with Gasteiger partial charge in [0.2, 0.25) is 0 Å². The Kier molecular flexibility index (Phi) is 3.73. The van der Waals surface area contributed by atoms with Crippen LogP contribution in [0.2, 0.25) is 0 Å².